The number of phenolic OH excluding ortho intramolecular Hbond substituents is 1. The molecule has 2 aliphatic heterocycles. The molecular formula is C20H23NO4. The zero-order valence-electron chi connectivity index (χ0n) is 14.2. The van der Waals surface area contributed by atoms with Crippen molar-refractivity contribution >= 4 is 5.78 Å². The van der Waals surface area contributed by atoms with Crippen molar-refractivity contribution < 1.29 is 19.7 Å². The van der Waals surface area contributed by atoms with Gasteiger partial charge >= 0.3 is 0 Å². The molecule has 0 unspecified atom stereocenters. The molecule has 6 rings (SSSR count). The summed E-state index contributed by atoms with van der Waals surface area (Å²) in [5.74, 6) is 1.39. The van der Waals surface area contributed by atoms with Gasteiger partial charge in [0.1, 0.15) is 0 Å². The number of benzene rings is 1. The SMILES string of the molecule is O=C1CC[C@@]2(O)[C@@H]3Cc4ccc(O)c5c4[C@]2(CCN3CC2CC2)[C@H]1O5. The Balaban J connectivity index is 1.58. The number of likely N-dealkylation sites (tertiary alicyclic amines) is 1. The van der Waals surface area contributed by atoms with E-state index in [2.05, 4.69) is 4.90 Å². The third kappa shape index (κ3) is 1.56. The molecule has 2 saturated carbocycles. The fraction of sp³-hybridized carbons (Fsp3) is 0.650. The van der Waals surface area contributed by atoms with Gasteiger partial charge in [-0.2, -0.15) is 0 Å². The number of nitrogens with zero attached hydrogens (tertiary/aromatic N) is 1. The van der Waals surface area contributed by atoms with Gasteiger partial charge in [-0.05, 0) is 56.2 Å². The molecule has 5 nitrogen and oxygen atoms in total. The van der Waals surface area contributed by atoms with Gasteiger partial charge in [0.15, 0.2) is 23.4 Å². The van der Waals surface area contributed by atoms with E-state index in [1.54, 1.807) is 6.07 Å². The van der Waals surface area contributed by atoms with Crippen LogP contribution in [0.4, 0.5) is 0 Å². The van der Waals surface area contributed by atoms with E-state index in [0.29, 0.717) is 18.6 Å². The molecule has 25 heavy (non-hydrogen) atoms. The number of ketones is 1. The van der Waals surface area contributed by atoms with E-state index in [4.69, 9.17) is 4.74 Å². The summed E-state index contributed by atoms with van der Waals surface area (Å²) in [6, 6.07) is 3.69. The molecule has 2 N–H and O–H groups in total. The number of aromatic hydroxyl groups is 1. The summed E-state index contributed by atoms with van der Waals surface area (Å²) in [5.41, 5.74) is 0.454. The van der Waals surface area contributed by atoms with Crippen LogP contribution in [0.5, 0.6) is 11.5 Å². The molecule has 2 bridgehead atoms. The third-order valence-electron chi connectivity index (χ3n) is 7.56. The fourth-order valence-corrected chi connectivity index (χ4v) is 6.26. The molecule has 0 amide bonds. The molecule has 0 radical (unpaired) electrons. The van der Waals surface area contributed by atoms with Crippen molar-refractivity contribution in [2.45, 2.75) is 61.7 Å². The number of carbonyl (C=O) groups is 1. The Morgan fingerprint density at radius 3 is 2.92 bits per heavy atom. The van der Waals surface area contributed by atoms with E-state index < -0.39 is 17.1 Å². The molecule has 1 aromatic carbocycles. The van der Waals surface area contributed by atoms with Crippen molar-refractivity contribution in [2.75, 3.05) is 13.1 Å². The topological polar surface area (TPSA) is 70.0 Å². The van der Waals surface area contributed by atoms with Crippen LogP contribution in [-0.4, -0.2) is 51.7 Å². The molecular weight excluding hydrogens is 318 g/mol. The van der Waals surface area contributed by atoms with Crippen molar-refractivity contribution in [3.05, 3.63) is 23.3 Å². The molecule has 132 valence electrons. The summed E-state index contributed by atoms with van der Waals surface area (Å²) in [4.78, 5) is 15.2. The van der Waals surface area contributed by atoms with Crippen molar-refractivity contribution in [3.63, 3.8) is 0 Å². The summed E-state index contributed by atoms with van der Waals surface area (Å²) in [7, 11) is 0. The lowest BCUT2D eigenvalue weighted by atomic mass is 9.49. The summed E-state index contributed by atoms with van der Waals surface area (Å²) in [6.45, 7) is 1.95. The van der Waals surface area contributed by atoms with E-state index in [9.17, 15) is 15.0 Å². The average Bonchev–Trinajstić information content (AvgIpc) is 3.32. The van der Waals surface area contributed by atoms with Crippen LogP contribution in [-0.2, 0) is 16.6 Å². The highest BCUT2D eigenvalue weighted by atomic mass is 16.5. The maximum Gasteiger partial charge on any atom is 0.174 e. The van der Waals surface area contributed by atoms with Gasteiger partial charge in [-0.25, -0.2) is 0 Å². The maximum atomic E-state index is 12.7. The normalized spacial score (nSPS) is 41.4. The van der Waals surface area contributed by atoms with E-state index >= 15 is 0 Å². The van der Waals surface area contributed by atoms with Gasteiger partial charge in [0, 0.05) is 24.6 Å². The first-order valence-electron chi connectivity index (χ1n) is 9.56. The minimum atomic E-state index is -0.940. The Labute approximate surface area is 146 Å². The zero-order valence-corrected chi connectivity index (χ0v) is 14.2. The van der Waals surface area contributed by atoms with Crippen LogP contribution in [0.2, 0.25) is 0 Å². The smallest absolute Gasteiger partial charge is 0.174 e. The number of hydrogen-bond acceptors (Lipinski definition) is 5. The lowest BCUT2D eigenvalue weighted by Gasteiger charge is -2.62. The second-order valence-electron chi connectivity index (χ2n) is 8.72. The fourth-order valence-electron chi connectivity index (χ4n) is 6.26. The molecule has 1 aromatic rings. The van der Waals surface area contributed by atoms with E-state index in [-0.39, 0.29) is 17.6 Å². The Hall–Kier alpha value is -1.59. The van der Waals surface area contributed by atoms with Crippen LogP contribution in [0.3, 0.4) is 0 Å². The van der Waals surface area contributed by atoms with Crippen LogP contribution >= 0.6 is 0 Å². The number of ether oxygens (including phenoxy) is 1. The lowest BCUT2D eigenvalue weighted by Crippen LogP contribution is -2.76. The van der Waals surface area contributed by atoms with Gasteiger partial charge in [-0.15, -0.1) is 0 Å². The van der Waals surface area contributed by atoms with Crippen molar-refractivity contribution in [2.24, 2.45) is 5.92 Å². The Kier molecular flexibility index (Phi) is 2.55. The van der Waals surface area contributed by atoms with E-state index in [0.717, 1.165) is 43.0 Å². The number of piperidine rings is 1. The first-order chi connectivity index (χ1) is 12.0. The molecule has 1 spiro atoms. The first-order valence-corrected chi connectivity index (χ1v) is 9.56. The van der Waals surface area contributed by atoms with Crippen molar-refractivity contribution in [1.82, 2.24) is 4.90 Å². The molecule has 5 heteroatoms. The van der Waals surface area contributed by atoms with Crippen molar-refractivity contribution in [1.29, 1.82) is 0 Å². The van der Waals surface area contributed by atoms with Gasteiger partial charge in [0.05, 0.1) is 11.0 Å². The predicted molar refractivity (Wildman–Crippen MR) is 89.8 cm³/mol. The number of Topliss-reactive ketones (excluding diaryl/α,β-unsaturated/α-hetero) is 1. The average molecular weight is 341 g/mol. The van der Waals surface area contributed by atoms with Gasteiger partial charge in [0.2, 0.25) is 0 Å². The van der Waals surface area contributed by atoms with Gasteiger partial charge < -0.3 is 14.9 Å². The number of aliphatic hydroxyl groups is 1. The maximum absolute atomic E-state index is 12.7. The van der Waals surface area contributed by atoms with Gasteiger partial charge in [0.25, 0.3) is 0 Å². The summed E-state index contributed by atoms with van der Waals surface area (Å²) < 4.78 is 6.04. The van der Waals surface area contributed by atoms with Crippen LogP contribution in [0.25, 0.3) is 0 Å². The van der Waals surface area contributed by atoms with Crippen LogP contribution < -0.4 is 4.74 Å². The highest BCUT2D eigenvalue weighted by Gasteiger charge is 2.73. The highest BCUT2D eigenvalue weighted by molar-refractivity contribution is 5.90. The van der Waals surface area contributed by atoms with Crippen LogP contribution in [0.15, 0.2) is 12.1 Å². The third-order valence-corrected chi connectivity index (χ3v) is 7.56. The number of carbonyl (C=O) groups excluding carboxylic acids is 1. The minimum Gasteiger partial charge on any atom is -0.504 e. The van der Waals surface area contributed by atoms with E-state index in [1.165, 1.54) is 12.8 Å². The summed E-state index contributed by atoms with van der Waals surface area (Å²) in [6.07, 6.45) is 4.33. The first kappa shape index (κ1) is 14.6. The second-order valence-corrected chi connectivity index (χ2v) is 8.72. The Morgan fingerprint density at radius 2 is 2.12 bits per heavy atom. The predicted octanol–water partition coefficient (Wildman–Crippen LogP) is 1.53. The standard InChI is InChI=1S/C20H23NO4/c22-13-4-3-12-9-15-20(24)6-5-14(23)18-19(20,16(12)17(13)25-18)7-8-21(15)10-11-1-2-11/h3-4,11,15,18,22,24H,1-2,5-10H2/t15-,18-,19+,20+/m0/s1. The van der Waals surface area contributed by atoms with Crippen LogP contribution in [0, 0.1) is 5.92 Å². The Morgan fingerprint density at radius 1 is 1.28 bits per heavy atom. The highest BCUT2D eigenvalue weighted by Crippen LogP contribution is 2.64. The van der Waals surface area contributed by atoms with Gasteiger partial charge in [-0.3, -0.25) is 9.69 Å². The largest absolute Gasteiger partial charge is 0.504 e. The van der Waals surface area contributed by atoms with E-state index in [1.807, 2.05) is 6.07 Å². The number of phenols is 1. The molecule has 2 heterocycles. The second kappa shape index (κ2) is 4.38. The van der Waals surface area contributed by atoms with Gasteiger partial charge in [-0.1, -0.05) is 6.07 Å². The minimum absolute atomic E-state index is 0.0454. The lowest BCUT2D eigenvalue weighted by molar-refractivity contribution is -0.188. The number of hydrogen-bond donors (Lipinski definition) is 2. The van der Waals surface area contributed by atoms with Crippen LogP contribution in [0.1, 0.15) is 43.2 Å². The molecule has 5 aliphatic rings. The number of rotatable bonds is 2. The monoisotopic (exact) mass is 341 g/mol. The van der Waals surface area contributed by atoms with Crippen molar-refractivity contribution in [3.8, 4) is 11.5 Å². The molecule has 4 atom stereocenters. The summed E-state index contributed by atoms with van der Waals surface area (Å²) >= 11 is 0. The summed E-state index contributed by atoms with van der Waals surface area (Å²) in [5, 5.41) is 22.3. The molecule has 1 saturated heterocycles. The molecule has 3 fully saturated rings. The zero-order chi connectivity index (χ0) is 17.0. The Bertz CT molecular complexity index is 803. The quantitative estimate of drug-likeness (QED) is 0.854. The molecule has 3 aliphatic carbocycles. The molecule has 0 aromatic heterocycles.